The monoisotopic (exact) mass is 522 g/mol. The van der Waals surface area contributed by atoms with Crippen molar-refractivity contribution in [2.75, 3.05) is 31.3 Å². The molecule has 0 fully saturated rings. The average molecular weight is 523 g/mol. The number of unbranched alkanes of at least 4 members (excludes halogenated alkanes) is 1. The second-order valence-electron chi connectivity index (χ2n) is 7.92. The summed E-state index contributed by atoms with van der Waals surface area (Å²) in [6.07, 6.45) is 2.09. The number of carbonyl (C=O) groups excluding carboxylic acids is 2. The minimum atomic E-state index is -2.44. The van der Waals surface area contributed by atoms with Gasteiger partial charge in [0.25, 0.3) is 5.91 Å². The third-order valence-corrected chi connectivity index (χ3v) is 5.64. The minimum absolute atomic E-state index is 0.0796. The van der Waals surface area contributed by atoms with Gasteiger partial charge in [-0.2, -0.15) is 5.10 Å². The first-order valence-corrected chi connectivity index (χ1v) is 12.8. The Hall–Kier alpha value is -3.05. The van der Waals surface area contributed by atoms with Gasteiger partial charge in [0, 0.05) is 25.1 Å². The lowest BCUT2D eigenvalue weighted by Crippen LogP contribution is -2.39. The van der Waals surface area contributed by atoms with Gasteiger partial charge in [0.1, 0.15) is 17.1 Å². The summed E-state index contributed by atoms with van der Waals surface area (Å²) in [5, 5.41) is 7.27. The molecule has 1 aromatic carbocycles. The van der Waals surface area contributed by atoms with Crippen LogP contribution in [0, 0.1) is 6.92 Å². The molecule has 2 amide bonds. The molecular weight excluding hydrogens is 487 g/mol. The molecule has 36 heavy (non-hydrogen) atoms. The molecule has 0 aliphatic carbocycles. The Morgan fingerprint density at radius 2 is 2.00 bits per heavy atom. The zero-order valence-electron chi connectivity index (χ0n) is 20.9. The highest BCUT2D eigenvalue weighted by Gasteiger charge is 2.22. The third-order valence-electron chi connectivity index (χ3n) is 5.23. The normalized spacial score (nSPS) is 10.9. The molecule has 198 valence electrons. The van der Waals surface area contributed by atoms with Gasteiger partial charge >= 0.3 is 8.60 Å². The fourth-order valence-electron chi connectivity index (χ4n) is 3.52. The van der Waals surface area contributed by atoms with Gasteiger partial charge in [0.2, 0.25) is 5.91 Å². The fraction of sp³-hybridized carbons (Fsp3) is 0.478. The average Bonchev–Trinajstić information content (AvgIpc) is 3.24. The number of aromatic nitrogens is 2. The highest BCUT2D eigenvalue weighted by atomic mass is 31.2. The van der Waals surface area contributed by atoms with Crippen LogP contribution in [0.5, 0.6) is 5.75 Å². The Morgan fingerprint density at radius 1 is 1.25 bits per heavy atom. The number of primary amides is 1. The van der Waals surface area contributed by atoms with E-state index in [-0.39, 0.29) is 31.4 Å². The molecule has 2 aromatic rings. The number of benzene rings is 1. The molecule has 0 atom stereocenters. The number of amides is 2. The molecule has 1 aromatic heterocycles. The summed E-state index contributed by atoms with van der Waals surface area (Å²) in [4.78, 5) is 48.6. The van der Waals surface area contributed by atoms with Crippen LogP contribution in [0.1, 0.15) is 59.7 Å². The van der Waals surface area contributed by atoms with Gasteiger partial charge in [-0.25, -0.2) is 0 Å². The Kier molecular flexibility index (Phi) is 11.7. The van der Waals surface area contributed by atoms with Crippen LogP contribution in [0.3, 0.4) is 0 Å². The van der Waals surface area contributed by atoms with Crippen LogP contribution in [0.25, 0.3) is 0 Å². The van der Waals surface area contributed by atoms with E-state index < -0.39 is 14.5 Å². The van der Waals surface area contributed by atoms with Crippen molar-refractivity contribution in [3.05, 3.63) is 35.2 Å². The van der Waals surface area contributed by atoms with Crippen molar-refractivity contribution in [3.8, 4) is 5.75 Å². The standard InChI is InChI=1S/C23H35N6O6P/c1-5-7-9-28(15-26-23(31)19-12-16(3)27-29(19)6-2)21-18(25-4)13-17(22(24)30)14-20(21)34-10-8-11-35-36(32)33/h12-14,32-33H,4-11,15H2,1-3H3,(H2,24,30)(H,26,31). The molecule has 0 unspecified atom stereocenters. The van der Waals surface area contributed by atoms with Gasteiger partial charge in [-0.3, -0.25) is 19.3 Å². The molecular formula is C23H35N6O6P. The Balaban J connectivity index is 2.35. The van der Waals surface area contributed by atoms with E-state index in [1.165, 1.54) is 12.1 Å². The molecule has 2 rings (SSSR count). The van der Waals surface area contributed by atoms with Crippen molar-refractivity contribution < 1.29 is 28.6 Å². The summed E-state index contributed by atoms with van der Waals surface area (Å²) < 4.78 is 12.4. The zero-order valence-corrected chi connectivity index (χ0v) is 21.8. The highest BCUT2D eigenvalue weighted by Crippen LogP contribution is 2.39. The van der Waals surface area contributed by atoms with Gasteiger partial charge < -0.3 is 35.0 Å². The number of anilines is 1. The summed E-state index contributed by atoms with van der Waals surface area (Å²) in [6.45, 7) is 10.9. The number of rotatable bonds is 16. The lowest BCUT2D eigenvalue weighted by Gasteiger charge is -2.28. The lowest BCUT2D eigenvalue weighted by molar-refractivity contribution is 0.0941. The maximum atomic E-state index is 12.9. The second-order valence-corrected chi connectivity index (χ2v) is 8.68. The summed E-state index contributed by atoms with van der Waals surface area (Å²) in [5.41, 5.74) is 7.85. The number of aliphatic imine (C=N–C) groups is 1. The molecule has 0 aliphatic heterocycles. The summed E-state index contributed by atoms with van der Waals surface area (Å²) in [6, 6.07) is 4.78. The van der Waals surface area contributed by atoms with Gasteiger partial charge in [-0.05, 0) is 45.2 Å². The van der Waals surface area contributed by atoms with Crippen LogP contribution in [0.15, 0.2) is 23.2 Å². The van der Waals surface area contributed by atoms with Crippen LogP contribution in [-0.4, -0.2) is 64.5 Å². The molecule has 0 saturated carbocycles. The quantitative estimate of drug-likeness (QED) is 0.113. The fourth-order valence-corrected chi connectivity index (χ4v) is 3.81. The number of nitrogens with zero attached hydrogens (tertiary/aromatic N) is 4. The van der Waals surface area contributed by atoms with Crippen LogP contribution >= 0.6 is 8.60 Å². The van der Waals surface area contributed by atoms with E-state index in [0.29, 0.717) is 42.3 Å². The Bertz CT molecular complexity index is 1040. The van der Waals surface area contributed by atoms with Gasteiger partial charge in [-0.1, -0.05) is 13.3 Å². The lowest BCUT2D eigenvalue weighted by atomic mass is 10.1. The smallest absolute Gasteiger partial charge is 0.327 e. The Labute approximate surface area is 212 Å². The van der Waals surface area contributed by atoms with Crippen LogP contribution in [0.4, 0.5) is 11.4 Å². The number of carbonyl (C=O) groups is 2. The van der Waals surface area contributed by atoms with Crippen molar-refractivity contribution in [1.29, 1.82) is 0 Å². The maximum Gasteiger partial charge on any atom is 0.327 e. The molecule has 0 spiro atoms. The molecule has 0 bridgehead atoms. The van der Waals surface area contributed by atoms with Crippen LogP contribution in [0.2, 0.25) is 0 Å². The predicted molar refractivity (Wildman–Crippen MR) is 139 cm³/mol. The zero-order chi connectivity index (χ0) is 26.7. The number of nitrogens with one attached hydrogen (secondary N) is 1. The van der Waals surface area contributed by atoms with Gasteiger partial charge in [-0.15, -0.1) is 0 Å². The topological polar surface area (TPSA) is 165 Å². The number of aryl methyl sites for hydroxylation is 2. The molecule has 0 saturated heterocycles. The van der Waals surface area contributed by atoms with Crippen molar-refractivity contribution in [1.82, 2.24) is 15.1 Å². The van der Waals surface area contributed by atoms with Crippen molar-refractivity contribution in [3.63, 3.8) is 0 Å². The summed E-state index contributed by atoms with van der Waals surface area (Å²) in [7, 11) is -2.44. The van der Waals surface area contributed by atoms with Crippen LogP contribution in [-0.2, 0) is 11.1 Å². The van der Waals surface area contributed by atoms with E-state index in [9.17, 15) is 9.59 Å². The van der Waals surface area contributed by atoms with E-state index >= 15 is 0 Å². The predicted octanol–water partition coefficient (Wildman–Crippen LogP) is 2.63. The van der Waals surface area contributed by atoms with E-state index in [4.69, 9.17) is 24.8 Å². The summed E-state index contributed by atoms with van der Waals surface area (Å²) in [5.74, 6) is -0.587. The largest absolute Gasteiger partial charge is 0.491 e. The number of hydrogen-bond donors (Lipinski definition) is 4. The minimum Gasteiger partial charge on any atom is -0.491 e. The molecule has 12 nitrogen and oxygen atoms in total. The third kappa shape index (κ3) is 8.27. The van der Waals surface area contributed by atoms with E-state index in [1.807, 2.05) is 18.7 Å². The SMILES string of the molecule is C=Nc1cc(C(N)=O)cc(OCCCOP(O)O)c1N(CCCC)CNC(=O)c1cc(C)nn1CC. The first-order valence-electron chi connectivity index (χ1n) is 11.7. The van der Waals surface area contributed by atoms with Crippen LogP contribution < -0.4 is 20.7 Å². The molecule has 0 radical (unpaired) electrons. The van der Waals surface area contributed by atoms with Crippen molar-refractivity contribution in [2.45, 2.75) is 46.6 Å². The van der Waals surface area contributed by atoms with Crippen molar-refractivity contribution >= 4 is 38.5 Å². The Morgan fingerprint density at radius 3 is 2.61 bits per heavy atom. The van der Waals surface area contributed by atoms with E-state index in [0.717, 1.165) is 18.5 Å². The van der Waals surface area contributed by atoms with Gasteiger partial charge in [0.15, 0.2) is 0 Å². The van der Waals surface area contributed by atoms with Gasteiger partial charge in [0.05, 0.1) is 31.3 Å². The number of ether oxygens (including phenoxy) is 1. The van der Waals surface area contributed by atoms with E-state index in [1.54, 1.807) is 10.7 Å². The number of hydrogen-bond acceptors (Lipinski definition) is 9. The molecule has 5 N–H and O–H groups in total. The first kappa shape index (κ1) is 29.2. The molecule has 0 aliphatic rings. The summed E-state index contributed by atoms with van der Waals surface area (Å²) >= 11 is 0. The number of nitrogens with two attached hydrogens (primary N) is 1. The second kappa shape index (κ2) is 14.5. The molecule has 1 heterocycles. The first-order chi connectivity index (χ1) is 17.2. The van der Waals surface area contributed by atoms with E-state index in [2.05, 4.69) is 29.0 Å². The maximum absolute atomic E-state index is 12.9. The molecule has 13 heteroatoms. The highest BCUT2D eigenvalue weighted by molar-refractivity contribution is 7.39. The van der Waals surface area contributed by atoms with Crippen molar-refractivity contribution in [2.24, 2.45) is 10.7 Å².